The van der Waals surface area contributed by atoms with Crippen LogP contribution in [-0.2, 0) is 9.59 Å². The summed E-state index contributed by atoms with van der Waals surface area (Å²) < 4.78 is 0. The summed E-state index contributed by atoms with van der Waals surface area (Å²) in [6.45, 7) is 1.56. The lowest BCUT2D eigenvalue weighted by Gasteiger charge is -2.49. The van der Waals surface area contributed by atoms with Crippen LogP contribution in [0.4, 0.5) is 0 Å². The van der Waals surface area contributed by atoms with Crippen LogP contribution in [0.5, 0.6) is 11.5 Å². The molecule has 7 N–H and O–H groups in total. The highest BCUT2D eigenvalue weighted by Gasteiger charge is 2.65. The number of fused-ring (bicyclic) bond motifs is 3. The minimum absolute atomic E-state index is 0. The number of benzene rings is 2. The first kappa shape index (κ1) is 24.5. The number of rotatable bonds is 2. The summed E-state index contributed by atoms with van der Waals surface area (Å²) in [4.78, 5) is 39.9. The fraction of sp³-hybridized carbons (Fsp3) is 0.318. The molecule has 0 fully saturated rings. The number of phenolic OH excluding ortho intramolecular Hbond substituents is 2. The van der Waals surface area contributed by atoms with Crippen molar-refractivity contribution in [2.24, 2.45) is 11.7 Å². The monoisotopic (exact) mass is 478 g/mol. The molecule has 10 nitrogen and oxygen atoms in total. The van der Waals surface area contributed by atoms with Crippen LogP contribution in [0.1, 0.15) is 27.6 Å². The normalized spacial score (nSPS) is 26.8. The summed E-state index contributed by atoms with van der Waals surface area (Å²) in [6.07, 6.45) is -1.71. The molecule has 0 saturated carbocycles. The molecule has 0 spiro atoms. The Kier molecular flexibility index (Phi) is 5.71. The van der Waals surface area contributed by atoms with Crippen molar-refractivity contribution in [2.45, 2.75) is 24.7 Å². The van der Waals surface area contributed by atoms with Crippen molar-refractivity contribution in [3.8, 4) is 11.5 Å². The van der Waals surface area contributed by atoms with Crippen LogP contribution >= 0.6 is 12.4 Å². The number of phenols is 2. The second-order valence-electron chi connectivity index (χ2n) is 8.39. The number of primary amides is 1. The molecule has 33 heavy (non-hydrogen) atoms. The topological polar surface area (TPSA) is 182 Å². The summed E-state index contributed by atoms with van der Waals surface area (Å²) in [5.41, 5.74) is 1.13. The van der Waals surface area contributed by atoms with E-state index >= 15 is 0 Å². The van der Waals surface area contributed by atoms with E-state index in [9.17, 15) is 39.9 Å². The van der Waals surface area contributed by atoms with Gasteiger partial charge in [0.15, 0.2) is 11.4 Å². The fourth-order valence-corrected chi connectivity index (χ4v) is 5.11. The number of ketones is 2. The molecule has 2 aromatic rings. The summed E-state index contributed by atoms with van der Waals surface area (Å²) >= 11 is 0. The molecule has 11 heteroatoms. The molecule has 0 saturated heterocycles. The van der Waals surface area contributed by atoms with Crippen LogP contribution in [0.15, 0.2) is 29.5 Å². The van der Waals surface area contributed by atoms with Crippen LogP contribution in [0, 0.1) is 12.8 Å². The third-order valence-corrected chi connectivity index (χ3v) is 6.54. The van der Waals surface area contributed by atoms with E-state index in [2.05, 4.69) is 0 Å². The summed E-state index contributed by atoms with van der Waals surface area (Å²) in [7, 11) is 2.89. The van der Waals surface area contributed by atoms with Crippen molar-refractivity contribution < 1.29 is 39.9 Å². The number of nitrogens with two attached hydrogens (primary N) is 1. The quantitative estimate of drug-likeness (QED) is 0.332. The average molecular weight is 479 g/mol. The Morgan fingerprint density at radius 3 is 2.30 bits per heavy atom. The lowest BCUT2D eigenvalue weighted by atomic mass is 9.60. The van der Waals surface area contributed by atoms with Crippen molar-refractivity contribution in [3.63, 3.8) is 0 Å². The summed E-state index contributed by atoms with van der Waals surface area (Å²) in [5, 5.41) is 55.0. The van der Waals surface area contributed by atoms with Crippen LogP contribution in [0.25, 0.3) is 10.8 Å². The number of nitrogens with zero attached hydrogens (tertiary/aromatic N) is 1. The van der Waals surface area contributed by atoms with Crippen LogP contribution in [0.2, 0.25) is 0 Å². The number of hydrogen-bond donors (Lipinski definition) is 6. The van der Waals surface area contributed by atoms with Gasteiger partial charge < -0.3 is 31.3 Å². The lowest BCUT2D eigenvalue weighted by molar-refractivity contribution is -0.139. The highest BCUT2D eigenvalue weighted by molar-refractivity contribution is 6.25. The number of hydrogen-bond acceptors (Lipinski definition) is 9. The van der Waals surface area contributed by atoms with Crippen molar-refractivity contribution in [3.05, 3.63) is 46.2 Å². The Balaban J connectivity index is 0.00000306. The van der Waals surface area contributed by atoms with E-state index in [1.807, 2.05) is 0 Å². The molecule has 2 aliphatic rings. The van der Waals surface area contributed by atoms with Crippen molar-refractivity contribution in [2.75, 3.05) is 14.1 Å². The zero-order valence-electron chi connectivity index (χ0n) is 17.9. The lowest BCUT2D eigenvalue weighted by Crippen LogP contribution is -2.66. The van der Waals surface area contributed by atoms with E-state index in [0.717, 1.165) is 0 Å². The standard InChI is InChI=1S/C22H22N2O8.ClH/c1-7-8-5-4-6-9(25)11(8)16(26)12-10(7)17(27)14-15(24(2)3)18(28)13(21(23)31)20(30)22(14,32)19(12)29;/h4-6,14-15,17,25-27,30,32H,1-3H3,(H2,23,31);1H. The summed E-state index contributed by atoms with van der Waals surface area (Å²) in [6, 6.07) is 2.98. The molecular weight excluding hydrogens is 456 g/mol. The molecule has 0 aromatic heterocycles. The molecule has 0 heterocycles. The largest absolute Gasteiger partial charge is 0.508 e. The molecule has 2 aromatic carbocycles. The van der Waals surface area contributed by atoms with E-state index in [1.54, 1.807) is 13.0 Å². The van der Waals surface area contributed by atoms with E-state index in [0.29, 0.717) is 10.9 Å². The minimum Gasteiger partial charge on any atom is -0.508 e. The van der Waals surface area contributed by atoms with Crippen molar-refractivity contribution >= 4 is 40.7 Å². The second-order valence-corrected chi connectivity index (χ2v) is 8.39. The molecule has 176 valence electrons. The number of carbonyl (C=O) groups excluding carboxylic acids is 3. The van der Waals surface area contributed by atoms with Gasteiger partial charge in [0.1, 0.15) is 22.8 Å². The number of Topliss-reactive ketones (excluding diaryl/α,β-unsaturated/α-hetero) is 2. The molecule has 0 radical (unpaired) electrons. The van der Waals surface area contributed by atoms with Gasteiger partial charge in [0.25, 0.3) is 5.91 Å². The maximum Gasteiger partial charge on any atom is 0.255 e. The van der Waals surface area contributed by atoms with Crippen LogP contribution < -0.4 is 5.73 Å². The number of amides is 1. The molecule has 0 aliphatic heterocycles. The SMILES string of the molecule is Cc1c2c(c(O)c3c(O)cccc13)C(=O)C1(O)C(O)=C(C(N)=O)C(=O)C(N(C)C)C1C2O.Cl. The molecular formula is C22H23ClN2O8. The summed E-state index contributed by atoms with van der Waals surface area (Å²) in [5.74, 6) is -7.47. The average Bonchev–Trinajstić information content (AvgIpc) is 2.70. The third-order valence-electron chi connectivity index (χ3n) is 6.54. The molecule has 4 atom stereocenters. The Morgan fingerprint density at radius 1 is 1.15 bits per heavy atom. The maximum absolute atomic E-state index is 13.6. The number of aliphatic hydroxyl groups is 3. The van der Waals surface area contributed by atoms with Gasteiger partial charge in [-0.1, -0.05) is 12.1 Å². The number of aromatic hydroxyl groups is 2. The Labute approximate surface area is 193 Å². The van der Waals surface area contributed by atoms with Gasteiger partial charge in [-0.05, 0) is 43.6 Å². The van der Waals surface area contributed by atoms with Crippen LogP contribution in [-0.4, -0.2) is 73.6 Å². The first-order valence-electron chi connectivity index (χ1n) is 9.73. The van der Waals surface area contributed by atoms with Crippen LogP contribution in [0.3, 0.4) is 0 Å². The van der Waals surface area contributed by atoms with E-state index in [-0.39, 0.29) is 29.1 Å². The van der Waals surface area contributed by atoms with Gasteiger partial charge in [-0.25, -0.2) is 0 Å². The van der Waals surface area contributed by atoms with Gasteiger partial charge >= 0.3 is 0 Å². The van der Waals surface area contributed by atoms with Gasteiger partial charge in [0.05, 0.1) is 29.0 Å². The highest BCUT2D eigenvalue weighted by atomic mass is 35.5. The molecule has 2 aliphatic carbocycles. The number of aryl methyl sites for hydroxylation is 1. The first-order chi connectivity index (χ1) is 14.9. The molecule has 1 amide bonds. The second kappa shape index (κ2) is 7.70. The number of halogens is 1. The maximum atomic E-state index is 13.6. The van der Waals surface area contributed by atoms with E-state index in [4.69, 9.17) is 5.73 Å². The van der Waals surface area contributed by atoms with Gasteiger partial charge in [0, 0.05) is 0 Å². The Morgan fingerprint density at radius 2 is 1.76 bits per heavy atom. The van der Waals surface area contributed by atoms with Crippen molar-refractivity contribution in [1.29, 1.82) is 0 Å². The minimum atomic E-state index is -2.93. The number of aliphatic hydroxyl groups excluding tert-OH is 2. The Bertz CT molecular complexity index is 1270. The van der Waals surface area contributed by atoms with Gasteiger partial charge in [-0.3, -0.25) is 19.3 Å². The zero-order valence-corrected chi connectivity index (χ0v) is 18.7. The number of likely N-dealkylation sites (N-methyl/N-ethyl adjacent to an activating group) is 1. The van der Waals surface area contributed by atoms with Gasteiger partial charge in [-0.15, -0.1) is 12.4 Å². The molecule has 0 bridgehead atoms. The van der Waals surface area contributed by atoms with Gasteiger partial charge in [-0.2, -0.15) is 0 Å². The smallest absolute Gasteiger partial charge is 0.255 e. The molecule has 4 rings (SSSR count). The Hall–Kier alpha value is -3.18. The van der Waals surface area contributed by atoms with Gasteiger partial charge in [0.2, 0.25) is 5.78 Å². The van der Waals surface area contributed by atoms with E-state index < -0.39 is 63.8 Å². The highest BCUT2D eigenvalue weighted by Crippen LogP contribution is 2.54. The molecule has 4 unspecified atom stereocenters. The first-order valence-corrected chi connectivity index (χ1v) is 9.73. The van der Waals surface area contributed by atoms with E-state index in [1.165, 1.54) is 31.1 Å². The predicted octanol–water partition coefficient (Wildman–Crippen LogP) is 0.369. The van der Waals surface area contributed by atoms with Crippen molar-refractivity contribution in [1.82, 2.24) is 4.90 Å². The zero-order chi connectivity index (χ0) is 23.9. The third kappa shape index (κ3) is 2.88. The number of carbonyl (C=O) groups is 3. The fourth-order valence-electron chi connectivity index (χ4n) is 5.11. The predicted molar refractivity (Wildman–Crippen MR) is 118 cm³/mol.